The Bertz CT molecular complexity index is 839. The summed E-state index contributed by atoms with van der Waals surface area (Å²) in [6.07, 6.45) is 0.991. The normalized spacial score (nSPS) is 31.3. The van der Waals surface area contributed by atoms with Crippen LogP contribution in [0.5, 0.6) is 0 Å². The minimum Gasteiger partial charge on any atom is -0.320 e. The third-order valence-corrected chi connectivity index (χ3v) is 7.17. The maximum atomic E-state index is 16.2. The molecule has 0 spiro atoms. The molecule has 1 aliphatic carbocycles. The second-order valence-electron chi connectivity index (χ2n) is 7.32. The Morgan fingerprint density at radius 1 is 1.22 bits per heavy atom. The predicted octanol–water partition coefficient (Wildman–Crippen LogP) is 3.96. The van der Waals surface area contributed by atoms with Gasteiger partial charge in [-0.3, -0.25) is 4.79 Å². The van der Waals surface area contributed by atoms with Crippen molar-refractivity contribution in [3.8, 4) is 0 Å². The van der Waals surface area contributed by atoms with Crippen molar-refractivity contribution in [1.29, 1.82) is 0 Å². The van der Waals surface area contributed by atoms with Gasteiger partial charge in [0.15, 0.2) is 6.17 Å². The average Bonchev–Trinajstić information content (AvgIpc) is 2.83. The summed E-state index contributed by atoms with van der Waals surface area (Å²) < 4.78 is 44.6. The maximum Gasteiger partial charge on any atom is 0.244 e. The number of nitrogens with two attached hydrogens (primary N) is 1. The molecule has 1 fully saturated rings. The quantitative estimate of drug-likeness (QED) is 0.758. The predicted molar refractivity (Wildman–Crippen MR) is 107 cm³/mol. The van der Waals surface area contributed by atoms with E-state index in [0.717, 1.165) is 0 Å². The van der Waals surface area contributed by atoms with Gasteiger partial charge in [0.1, 0.15) is 7.14 Å². The number of carbonyl (C=O) groups is 1. The van der Waals surface area contributed by atoms with E-state index in [1.807, 2.05) is 0 Å². The minimum atomic E-state index is -3.58. The molecule has 1 heterocycles. The standard InChI is InChI=1S/C19H23F2N2O2P.ClH/c1-12-11-15(22)18(24)23(12)16-10-9-14(13-7-5-4-6-8-13)19(21,17(16)20)26(2,3)25;/h4-10,12,15,17H,11,22H2,1-3H3;1H. The molecule has 1 amide bonds. The maximum absolute atomic E-state index is 16.2. The van der Waals surface area contributed by atoms with Crippen LogP contribution in [0, 0.1) is 0 Å². The van der Waals surface area contributed by atoms with Gasteiger partial charge in [-0.2, -0.15) is 0 Å². The van der Waals surface area contributed by atoms with E-state index in [4.69, 9.17) is 5.73 Å². The molecule has 0 bridgehead atoms. The highest BCUT2D eigenvalue weighted by Crippen LogP contribution is 2.64. The van der Waals surface area contributed by atoms with Crippen LogP contribution in [-0.4, -0.2) is 47.8 Å². The van der Waals surface area contributed by atoms with Crippen LogP contribution < -0.4 is 5.73 Å². The molecular formula is C19H24ClF2N2O2P. The molecule has 1 aromatic rings. The number of rotatable bonds is 3. The Labute approximate surface area is 164 Å². The lowest BCUT2D eigenvalue weighted by molar-refractivity contribution is -0.128. The number of nitrogens with zero attached hydrogens (tertiary/aromatic N) is 1. The molecule has 4 atom stereocenters. The van der Waals surface area contributed by atoms with Crippen molar-refractivity contribution >= 4 is 31.0 Å². The molecule has 8 heteroatoms. The van der Waals surface area contributed by atoms with Crippen LogP contribution in [0.2, 0.25) is 0 Å². The molecule has 148 valence electrons. The fraction of sp³-hybridized carbons (Fsp3) is 0.421. The summed E-state index contributed by atoms with van der Waals surface area (Å²) in [5, 5.41) is -2.72. The van der Waals surface area contributed by atoms with Gasteiger partial charge < -0.3 is 15.2 Å². The van der Waals surface area contributed by atoms with Crippen LogP contribution in [0.4, 0.5) is 8.78 Å². The van der Waals surface area contributed by atoms with Crippen molar-refractivity contribution in [2.24, 2.45) is 5.73 Å². The van der Waals surface area contributed by atoms with Gasteiger partial charge in [0.25, 0.3) is 0 Å². The lowest BCUT2D eigenvalue weighted by Gasteiger charge is -2.40. The molecule has 1 aromatic carbocycles. The van der Waals surface area contributed by atoms with E-state index in [2.05, 4.69) is 0 Å². The van der Waals surface area contributed by atoms with E-state index >= 15 is 8.78 Å². The van der Waals surface area contributed by atoms with Crippen molar-refractivity contribution in [1.82, 2.24) is 4.90 Å². The summed E-state index contributed by atoms with van der Waals surface area (Å²) in [4.78, 5) is 13.6. The Balaban J connectivity index is 0.00000261. The Morgan fingerprint density at radius 3 is 2.30 bits per heavy atom. The summed E-state index contributed by atoms with van der Waals surface area (Å²) in [5.74, 6) is -0.438. The lowest BCUT2D eigenvalue weighted by atomic mass is 9.91. The topological polar surface area (TPSA) is 63.4 Å². The number of allylic oxidation sites excluding steroid dienone is 4. The van der Waals surface area contributed by atoms with Crippen LogP contribution in [-0.2, 0) is 9.36 Å². The number of halogens is 3. The van der Waals surface area contributed by atoms with Crippen molar-refractivity contribution in [2.75, 3.05) is 13.3 Å². The molecular weight excluding hydrogens is 393 g/mol. The van der Waals surface area contributed by atoms with Crippen LogP contribution in [0.1, 0.15) is 18.9 Å². The van der Waals surface area contributed by atoms with Gasteiger partial charge in [-0.1, -0.05) is 36.4 Å². The largest absolute Gasteiger partial charge is 0.320 e. The van der Waals surface area contributed by atoms with Crippen LogP contribution in [0.15, 0.2) is 48.2 Å². The second-order valence-corrected chi connectivity index (χ2v) is 10.7. The third-order valence-electron chi connectivity index (χ3n) is 5.13. The fourth-order valence-corrected chi connectivity index (χ4v) is 5.20. The van der Waals surface area contributed by atoms with E-state index in [-0.39, 0.29) is 29.7 Å². The number of benzene rings is 1. The Hall–Kier alpha value is -1.49. The van der Waals surface area contributed by atoms with Gasteiger partial charge in [0.05, 0.1) is 11.7 Å². The number of hydrogen-bond donors (Lipinski definition) is 1. The number of amides is 1. The molecule has 1 aliphatic heterocycles. The number of carbonyl (C=O) groups excluding carboxylic acids is 1. The highest BCUT2D eigenvalue weighted by molar-refractivity contribution is 7.64. The van der Waals surface area contributed by atoms with E-state index < -0.39 is 30.7 Å². The summed E-state index contributed by atoms with van der Waals surface area (Å²) in [7, 11) is -3.58. The summed E-state index contributed by atoms with van der Waals surface area (Å²) >= 11 is 0. The summed E-state index contributed by atoms with van der Waals surface area (Å²) in [6.45, 7) is 4.21. The molecule has 0 aromatic heterocycles. The minimum absolute atomic E-state index is 0. The lowest BCUT2D eigenvalue weighted by Crippen LogP contribution is -2.46. The van der Waals surface area contributed by atoms with Gasteiger partial charge in [0, 0.05) is 11.6 Å². The fourth-order valence-electron chi connectivity index (χ4n) is 3.74. The van der Waals surface area contributed by atoms with Crippen LogP contribution >= 0.6 is 19.5 Å². The van der Waals surface area contributed by atoms with E-state index in [1.54, 1.807) is 37.3 Å². The first-order valence-electron chi connectivity index (χ1n) is 8.53. The second kappa shape index (κ2) is 7.50. The average molecular weight is 417 g/mol. The molecule has 0 radical (unpaired) electrons. The number of likely N-dealkylation sites (tertiary alicyclic amines) is 1. The monoisotopic (exact) mass is 416 g/mol. The van der Waals surface area contributed by atoms with Crippen molar-refractivity contribution in [3.63, 3.8) is 0 Å². The van der Waals surface area contributed by atoms with Gasteiger partial charge in [0.2, 0.25) is 11.3 Å². The van der Waals surface area contributed by atoms with Gasteiger partial charge in [-0.25, -0.2) is 8.78 Å². The van der Waals surface area contributed by atoms with Crippen LogP contribution in [0.25, 0.3) is 5.57 Å². The number of hydrogen-bond acceptors (Lipinski definition) is 3. The zero-order valence-electron chi connectivity index (χ0n) is 15.4. The van der Waals surface area contributed by atoms with Crippen molar-refractivity contribution in [3.05, 3.63) is 53.7 Å². The molecule has 2 N–H and O–H groups in total. The zero-order valence-corrected chi connectivity index (χ0v) is 17.1. The van der Waals surface area contributed by atoms with Gasteiger partial charge in [-0.05, 0) is 38.3 Å². The van der Waals surface area contributed by atoms with Gasteiger partial charge >= 0.3 is 0 Å². The Kier molecular flexibility index (Phi) is 6.05. The first kappa shape index (κ1) is 21.8. The van der Waals surface area contributed by atoms with E-state index in [9.17, 15) is 9.36 Å². The third kappa shape index (κ3) is 3.39. The molecule has 4 nitrogen and oxygen atoms in total. The zero-order chi connectivity index (χ0) is 19.3. The SMILES string of the molecule is CC1CC(N)C(=O)N1C1=CC=C(c2ccccc2)C(F)(P(C)(C)=O)C1F.Cl. The van der Waals surface area contributed by atoms with Gasteiger partial charge in [-0.15, -0.1) is 12.4 Å². The smallest absolute Gasteiger partial charge is 0.244 e. The van der Waals surface area contributed by atoms with Crippen molar-refractivity contribution < 1.29 is 18.1 Å². The Morgan fingerprint density at radius 2 is 1.81 bits per heavy atom. The first-order chi connectivity index (χ1) is 12.1. The molecule has 27 heavy (non-hydrogen) atoms. The first-order valence-corrected chi connectivity index (χ1v) is 11.1. The van der Waals surface area contributed by atoms with Crippen LogP contribution in [0.3, 0.4) is 0 Å². The highest BCUT2D eigenvalue weighted by Gasteiger charge is 2.58. The van der Waals surface area contributed by atoms with E-state index in [0.29, 0.717) is 12.0 Å². The summed E-state index contributed by atoms with van der Waals surface area (Å²) in [6, 6.07) is 7.42. The van der Waals surface area contributed by atoms with Crippen molar-refractivity contribution in [2.45, 2.75) is 37.0 Å². The summed E-state index contributed by atoms with van der Waals surface area (Å²) in [5.41, 5.74) is 6.17. The molecule has 4 unspecified atom stereocenters. The molecule has 0 saturated carbocycles. The molecule has 3 rings (SSSR count). The number of alkyl halides is 2. The highest BCUT2D eigenvalue weighted by atomic mass is 35.5. The molecule has 2 aliphatic rings. The van der Waals surface area contributed by atoms with E-state index in [1.165, 1.54) is 30.4 Å². The molecule has 1 saturated heterocycles.